The summed E-state index contributed by atoms with van der Waals surface area (Å²) < 4.78 is 7.02. The quantitative estimate of drug-likeness (QED) is 0.432. The lowest BCUT2D eigenvalue weighted by Crippen LogP contribution is -2.07. The van der Waals surface area contributed by atoms with E-state index in [4.69, 9.17) is 4.42 Å². The molecule has 0 amide bonds. The smallest absolute Gasteiger partial charge is 0.200 e. The van der Waals surface area contributed by atoms with Gasteiger partial charge in [0.1, 0.15) is 5.76 Å². The molecular formula is C18H15IN2O. The molecule has 0 bridgehead atoms. The number of nitrogens with zero attached hydrogens (tertiary/aromatic N) is 2. The van der Waals surface area contributed by atoms with Crippen molar-refractivity contribution >= 4 is 46.1 Å². The minimum Gasteiger partial charge on any atom is -0.439 e. The van der Waals surface area contributed by atoms with E-state index < -0.39 is 0 Å². The lowest BCUT2D eigenvalue weighted by molar-refractivity contribution is 0.563. The maximum atomic E-state index is 5.82. The largest absolute Gasteiger partial charge is 0.439 e. The van der Waals surface area contributed by atoms with Crippen molar-refractivity contribution in [2.45, 2.75) is 0 Å². The second-order valence-corrected chi connectivity index (χ2v) is 6.05. The van der Waals surface area contributed by atoms with E-state index in [1.165, 1.54) is 3.57 Å². The molecule has 0 saturated carbocycles. The second-order valence-electron chi connectivity index (χ2n) is 4.81. The third kappa shape index (κ3) is 3.57. The number of furan rings is 1. The van der Waals surface area contributed by atoms with Crippen LogP contribution < -0.4 is 4.90 Å². The number of benzene rings is 2. The number of para-hydroxylation sites is 1. The zero-order chi connectivity index (χ0) is 15.4. The van der Waals surface area contributed by atoms with Gasteiger partial charge in [0.15, 0.2) is 5.88 Å². The molecule has 110 valence electrons. The fourth-order valence-corrected chi connectivity index (χ4v) is 2.40. The zero-order valence-electron chi connectivity index (χ0n) is 12.1. The lowest BCUT2D eigenvalue weighted by Gasteiger charge is -2.15. The van der Waals surface area contributed by atoms with Gasteiger partial charge in [-0.3, -0.25) is 4.99 Å². The van der Waals surface area contributed by atoms with E-state index in [2.05, 4.69) is 27.6 Å². The van der Waals surface area contributed by atoms with Gasteiger partial charge in [0, 0.05) is 22.4 Å². The highest BCUT2D eigenvalue weighted by Crippen LogP contribution is 2.25. The van der Waals surface area contributed by atoms with E-state index in [0.29, 0.717) is 0 Å². The second kappa shape index (κ2) is 6.79. The molecule has 3 rings (SSSR count). The van der Waals surface area contributed by atoms with Crippen molar-refractivity contribution in [2.24, 2.45) is 4.99 Å². The standard InChI is InChI=1S/C18H15IN2O/c1-21(16-5-3-2-4-6-16)18-12-11-17(22-18)13-20-15-9-7-14(19)8-10-15/h2-13H,1H3. The Morgan fingerprint density at radius 2 is 1.68 bits per heavy atom. The van der Waals surface area contributed by atoms with E-state index in [-0.39, 0.29) is 0 Å². The molecule has 0 aliphatic carbocycles. The predicted molar refractivity (Wildman–Crippen MR) is 99.6 cm³/mol. The molecule has 3 aromatic rings. The summed E-state index contributed by atoms with van der Waals surface area (Å²) in [4.78, 5) is 6.42. The van der Waals surface area contributed by atoms with Crippen molar-refractivity contribution < 1.29 is 4.42 Å². The summed E-state index contributed by atoms with van der Waals surface area (Å²) in [6, 6.07) is 22.0. The summed E-state index contributed by atoms with van der Waals surface area (Å²) in [5, 5.41) is 0. The van der Waals surface area contributed by atoms with Gasteiger partial charge in [-0.05, 0) is 65.1 Å². The summed E-state index contributed by atoms with van der Waals surface area (Å²) in [5.74, 6) is 1.52. The maximum absolute atomic E-state index is 5.82. The van der Waals surface area contributed by atoms with E-state index in [9.17, 15) is 0 Å². The van der Waals surface area contributed by atoms with Crippen LogP contribution in [0.25, 0.3) is 0 Å². The normalized spacial score (nSPS) is 11.0. The lowest BCUT2D eigenvalue weighted by atomic mass is 10.3. The first-order chi connectivity index (χ1) is 10.7. The topological polar surface area (TPSA) is 28.7 Å². The number of halogens is 1. The highest BCUT2D eigenvalue weighted by molar-refractivity contribution is 14.1. The van der Waals surface area contributed by atoms with Gasteiger partial charge in [0.25, 0.3) is 0 Å². The van der Waals surface area contributed by atoms with Gasteiger partial charge >= 0.3 is 0 Å². The van der Waals surface area contributed by atoms with Gasteiger partial charge in [0.05, 0.1) is 11.9 Å². The molecule has 2 aromatic carbocycles. The van der Waals surface area contributed by atoms with Crippen molar-refractivity contribution in [2.75, 3.05) is 11.9 Å². The Kier molecular flexibility index (Phi) is 4.58. The minimum atomic E-state index is 0.733. The number of rotatable bonds is 4. The Labute approximate surface area is 143 Å². The van der Waals surface area contributed by atoms with Crippen LogP contribution >= 0.6 is 22.6 Å². The number of anilines is 2. The first kappa shape index (κ1) is 14.8. The number of hydrogen-bond donors (Lipinski definition) is 0. The molecule has 1 heterocycles. The molecule has 0 N–H and O–H groups in total. The van der Waals surface area contributed by atoms with Crippen LogP contribution in [0.3, 0.4) is 0 Å². The first-order valence-corrected chi connectivity index (χ1v) is 7.98. The van der Waals surface area contributed by atoms with Crippen molar-refractivity contribution in [3.8, 4) is 0 Å². The Hall–Kier alpha value is -2.08. The van der Waals surface area contributed by atoms with E-state index in [1.54, 1.807) is 6.21 Å². The number of hydrogen-bond acceptors (Lipinski definition) is 3. The molecule has 0 fully saturated rings. The average molecular weight is 402 g/mol. The Morgan fingerprint density at radius 3 is 2.41 bits per heavy atom. The van der Waals surface area contributed by atoms with Crippen LogP contribution in [0.2, 0.25) is 0 Å². The third-order valence-corrected chi connectivity index (χ3v) is 3.97. The predicted octanol–water partition coefficient (Wildman–Crippen LogP) is 5.40. The Bertz CT molecular complexity index is 763. The van der Waals surface area contributed by atoms with E-state index in [0.717, 1.165) is 23.0 Å². The molecule has 0 aliphatic heterocycles. The third-order valence-electron chi connectivity index (χ3n) is 3.25. The molecule has 4 heteroatoms. The molecule has 0 aliphatic rings. The van der Waals surface area contributed by atoms with Gasteiger partial charge in [-0.15, -0.1) is 0 Å². The van der Waals surface area contributed by atoms with Crippen LogP contribution in [0.15, 0.2) is 76.1 Å². The Balaban J connectivity index is 1.75. The van der Waals surface area contributed by atoms with Crippen molar-refractivity contribution in [1.29, 1.82) is 0 Å². The molecule has 1 aromatic heterocycles. The fourth-order valence-electron chi connectivity index (χ4n) is 2.04. The van der Waals surface area contributed by atoms with Gasteiger partial charge in [0.2, 0.25) is 0 Å². The van der Waals surface area contributed by atoms with Gasteiger partial charge in [-0.2, -0.15) is 0 Å². The summed E-state index contributed by atoms with van der Waals surface area (Å²) in [6.07, 6.45) is 1.74. The van der Waals surface area contributed by atoms with Crippen LogP contribution in [0.4, 0.5) is 17.3 Å². The highest BCUT2D eigenvalue weighted by atomic mass is 127. The summed E-state index contributed by atoms with van der Waals surface area (Å²) in [6.45, 7) is 0. The molecule has 0 saturated heterocycles. The minimum absolute atomic E-state index is 0.733. The van der Waals surface area contributed by atoms with Crippen LogP contribution in [0, 0.1) is 3.57 Å². The molecule has 3 nitrogen and oxygen atoms in total. The summed E-state index contributed by atoms with van der Waals surface area (Å²) >= 11 is 2.28. The molecule has 0 spiro atoms. The fraction of sp³-hybridized carbons (Fsp3) is 0.0556. The van der Waals surface area contributed by atoms with E-state index in [1.807, 2.05) is 78.7 Å². The monoisotopic (exact) mass is 402 g/mol. The zero-order valence-corrected chi connectivity index (χ0v) is 14.3. The van der Waals surface area contributed by atoms with Crippen LogP contribution in [-0.4, -0.2) is 13.3 Å². The van der Waals surface area contributed by atoms with Crippen LogP contribution in [0.5, 0.6) is 0 Å². The highest BCUT2D eigenvalue weighted by Gasteiger charge is 2.07. The number of aliphatic imine (C=N–C) groups is 1. The molecule has 0 unspecified atom stereocenters. The SMILES string of the molecule is CN(c1ccccc1)c1ccc(C=Nc2ccc(I)cc2)o1. The van der Waals surface area contributed by atoms with Crippen LogP contribution in [-0.2, 0) is 0 Å². The molecule has 0 atom stereocenters. The van der Waals surface area contributed by atoms with Crippen molar-refractivity contribution in [3.63, 3.8) is 0 Å². The van der Waals surface area contributed by atoms with Crippen molar-refractivity contribution in [1.82, 2.24) is 0 Å². The maximum Gasteiger partial charge on any atom is 0.200 e. The molecular weight excluding hydrogens is 387 g/mol. The van der Waals surface area contributed by atoms with Gasteiger partial charge in [-0.1, -0.05) is 18.2 Å². The average Bonchev–Trinajstić information content (AvgIpc) is 3.03. The summed E-state index contributed by atoms with van der Waals surface area (Å²) in [7, 11) is 1.98. The van der Waals surface area contributed by atoms with Gasteiger partial charge in [-0.25, -0.2) is 0 Å². The van der Waals surface area contributed by atoms with Crippen LogP contribution in [0.1, 0.15) is 5.76 Å². The molecule has 22 heavy (non-hydrogen) atoms. The van der Waals surface area contributed by atoms with Gasteiger partial charge < -0.3 is 9.32 Å². The first-order valence-electron chi connectivity index (χ1n) is 6.90. The Morgan fingerprint density at radius 1 is 0.955 bits per heavy atom. The molecule has 0 radical (unpaired) electrons. The van der Waals surface area contributed by atoms with E-state index >= 15 is 0 Å². The summed E-state index contributed by atoms with van der Waals surface area (Å²) in [5.41, 5.74) is 1.99. The van der Waals surface area contributed by atoms with Crippen molar-refractivity contribution in [3.05, 3.63) is 76.1 Å².